The molecular formula is C14H22N2O5. The predicted molar refractivity (Wildman–Crippen MR) is 75.2 cm³/mol. The lowest BCUT2D eigenvalue weighted by Crippen LogP contribution is -2.55. The smallest absolute Gasteiger partial charge is 0.408 e. The average molecular weight is 298 g/mol. The van der Waals surface area contributed by atoms with Crippen molar-refractivity contribution in [3.05, 3.63) is 24.2 Å². The quantitative estimate of drug-likeness (QED) is 0.860. The van der Waals surface area contributed by atoms with Gasteiger partial charge in [-0.3, -0.25) is 9.63 Å². The van der Waals surface area contributed by atoms with Crippen LogP contribution in [0, 0.1) is 0 Å². The first-order chi connectivity index (χ1) is 9.60. The van der Waals surface area contributed by atoms with Crippen LogP contribution in [0.5, 0.6) is 0 Å². The largest absolute Gasteiger partial charge is 0.466 e. The molecule has 1 rings (SSSR count). The van der Waals surface area contributed by atoms with Crippen LogP contribution in [0.4, 0.5) is 4.79 Å². The molecule has 0 saturated carbocycles. The highest BCUT2D eigenvalue weighted by Gasteiger charge is 2.43. The van der Waals surface area contributed by atoms with Gasteiger partial charge in [0.15, 0.2) is 5.54 Å². The number of rotatable bonds is 4. The highest BCUT2D eigenvalue weighted by atomic mass is 16.7. The molecular weight excluding hydrogens is 276 g/mol. The molecule has 21 heavy (non-hydrogen) atoms. The van der Waals surface area contributed by atoms with E-state index in [1.54, 1.807) is 32.9 Å². The third-order valence-corrected chi connectivity index (χ3v) is 2.75. The molecule has 0 radical (unpaired) electrons. The summed E-state index contributed by atoms with van der Waals surface area (Å²) in [5.74, 6) is -0.215. The van der Waals surface area contributed by atoms with Gasteiger partial charge in [-0.1, -0.05) is 0 Å². The molecule has 7 nitrogen and oxygen atoms in total. The Hall–Kier alpha value is -2.02. The summed E-state index contributed by atoms with van der Waals surface area (Å²) in [5.41, 5.74) is -2.11. The van der Waals surface area contributed by atoms with Gasteiger partial charge in [-0.15, -0.1) is 0 Å². The van der Waals surface area contributed by atoms with Gasteiger partial charge in [0, 0.05) is 7.05 Å². The second-order valence-electron chi connectivity index (χ2n) is 5.71. The monoisotopic (exact) mass is 298 g/mol. The van der Waals surface area contributed by atoms with Crippen molar-refractivity contribution in [3.63, 3.8) is 0 Å². The van der Waals surface area contributed by atoms with Gasteiger partial charge in [0.25, 0.3) is 5.91 Å². The molecule has 0 aromatic carbocycles. The van der Waals surface area contributed by atoms with Crippen LogP contribution in [0.3, 0.4) is 0 Å². The van der Waals surface area contributed by atoms with Crippen molar-refractivity contribution < 1.29 is 23.6 Å². The first-order valence-corrected chi connectivity index (χ1v) is 6.47. The predicted octanol–water partition coefficient (Wildman–Crippen LogP) is 2.04. The summed E-state index contributed by atoms with van der Waals surface area (Å²) in [6.45, 7) is 6.73. The van der Waals surface area contributed by atoms with Crippen molar-refractivity contribution >= 4 is 12.0 Å². The number of nitrogens with one attached hydrogen (secondary N) is 1. The Kier molecular flexibility index (Phi) is 5.01. The van der Waals surface area contributed by atoms with Crippen LogP contribution in [0.25, 0.3) is 0 Å². The zero-order valence-corrected chi connectivity index (χ0v) is 13.2. The number of nitrogens with zero attached hydrogens (tertiary/aromatic N) is 1. The fourth-order valence-corrected chi connectivity index (χ4v) is 1.69. The normalized spacial score (nSPS) is 14.2. The Bertz CT molecular complexity index is 492. The number of alkyl carbamates (subject to hydrolysis) is 1. The number of hydrogen-bond acceptors (Lipinski definition) is 5. The minimum absolute atomic E-state index is 0.280. The van der Waals surface area contributed by atoms with Crippen molar-refractivity contribution in [2.75, 3.05) is 14.2 Å². The Morgan fingerprint density at radius 3 is 2.33 bits per heavy atom. The second-order valence-corrected chi connectivity index (χ2v) is 5.71. The molecule has 2 amide bonds. The molecule has 1 atom stereocenters. The maximum absolute atomic E-state index is 12.5. The highest BCUT2D eigenvalue weighted by Crippen LogP contribution is 2.24. The minimum Gasteiger partial charge on any atom is -0.466 e. The number of hydrogen-bond donors (Lipinski definition) is 1. The van der Waals surface area contributed by atoms with Crippen LogP contribution in [-0.2, 0) is 19.9 Å². The zero-order valence-electron chi connectivity index (χ0n) is 13.2. The average Bonchev–Trinajstić information content (AvgIpc) is 2.88. The Balaban J connectivity index is 3.04. The van der Waals surface area contributed by atoms with Crippen LogP contribution in [0.1, 0.15) is 33.5 Å². The van der Waals surface area contributed by atoms with E-state index < -0.39 is 23.1 Å². The fourth-order valence-electron chi connectivity index (χ4n) is 1.69. The lowest BCUT2D eigenvalue weighted by Gasteiger charge is -2.31. The number of hydroxylamine groups is 2. The van der Waals surface area contributed by atoms with E-state index in [2.05, 4.69) is 5.32 Å². The van der Waals surface area contributed by atoms with Crippen LogP contribution < -0.4 is 5.32 Å². The van der Waals surface area contributed by atoms with Gasteiger partial charge in [0.1, 0.15) is 11.4 Å². The Morgan fingerprint density at radius 2 is 1.90 bits per heavy atom. The SMILES string of the molecule is CON(C)C(=O)[C@@](C)(NC(=O)OC(C)(C)C)c1ccco1. The van der Waals surface area contributed by atoms with Crippen molar-refractivity contribution in [2.24, 2.45) is 0 Å². The summed E-state index contributed by atoms with van der Waals surface area (Å²) < 4.78 is 10.5. The Morgan fingerprint density at radius 1 is 1.29 bits per heavy atom. The number of amides is 2. The minimum atomic E-state index is -1.43. The van der Waals surface area contributed by atoms with Crippen LogP contribution in [0.15, 0.2) is 22.8 Å². The van der Waals surface area contributed by atoms with E-state index in [1.807, 2.05) is 0 Å². The summed E-state index contributed by atoms with van der Waals surface area (Å²) in [5, 5.41) is 3.56. The zero-order chi connectivity index (χ0) is 16.3. The molecule has 0 saturated heterocycles. The first kappa shape index (κ1) is 17.0. The first-order valence-electron chi connectivity index (χ1n) is 6.47. The topological polar surface area (TPSA) is 81.0 Å². The van der Waals surface area contributed by atoms with Crippen LogP contribution in [-0.4, -0.2) is 36.8 Å². The van der Waals surface area contributed by atoms with Crippen molar-refractivity contribution in [1.82, 2.24) is 10.4 Å². The van der Waals surface area contributed by atoms with Gasteiger partial charge in [-0.2, -0.15) is 0 Å². The lowest BCUT2D eigenvalue weighted by atomic mass is 9.98. The van der Waals surface area contributed by atoms with E-state index in [0.29, 0.717) is 0 Å². The van der Waals surface area contributed by atoms with Gasteiger partial charge in [0.05, 0.1) is 13.4 Å². The van der Waals surface area contributed by atoms with E-state index in [4.69, 9.17) is 14.0 Å². The molecule has 0 aliphatic heterocycles. The van der Waals surface area contributed by atoms with Crippen molar-refractivity contribution in [1.29, 1.82) is 0 Å². The van der Waals surface area contributed by atoms with Gasteiger partial charge >= 0.3 is 6.09 Å². The number of furan rings is 1. The van der Waals surface area contributed by atoms with E-state index in [-0.39, 0.29) is 5.76 Å². The van der Waals surface area contributed by atoms with Gasteiger partial charge in [-0.05, 0) is 39.8 Å². The molecule has 7 heteroatoms. The summed E-state index contributed by atoms with van der Waals surface area (Å²) in [6, 6.07) is 3.23. The van der Waals surface area contributed by atoms with Gasteiger partial charge < -0.3 is 14.5 Å². The maximum atomic E-state index is 12.5. The molecule has 0 fully saturated rings. The van der Waals surface area contributed by atoms with E-state index in [0.717, 1.165) is 5.06 Å². The van der Waals surface area contributed by atoms with E-state index in [1.165, 1.54) is 27.3 Å². The van der Waals surface area contributed by atoms with Crippen LogP contribution >= 0.6 is 0 Å². The Labute approximate surface area is 124 Å². The van der Waals surface area contributed by atoms with Crippen molar-refractivity contribution in [2.45, 2.75) is 38.8 Å². The molecule has 1 heterocycles. The summed E-state index contributed by atoms with van der Waals surface area (Å²) in [4.78, 5) is 29.4. The van der Waals surface area contributed by atoms with E-state index in [9.17, 15) is 9.59 Å². The molecule has 118 valence electrons. The van der Waals surface area contributed by atoms with Crippen LogP contribution in [0.2, 0.25) is 0 Å². The molecule has 1 aromatic rings. The molecule has 1 N–H and O–H groups in total. The fraction of sp³-hybridized carbons (Fsp3) is 0.571. The summed E-state index contributed by atoms with van der Waals surface area (Å²) in [6.07, 6.45) is 0.698. The maximum Gasteiger partial charge on any atom is 0.408 e. The second kappa shape index (κ2) is 6.17. The summed E-state index contributed by atoms with van der Waals surface area (Å²) in [7, 11) is 2.80. The lowest BCUT2D eigenvalue weighted by molar-refractivity contribution is -0.176. The van der Waals surface area contributed by atoms with Gasteiger partial charge in [0.2, 0.25) is 0 Å². The highest BCUT2D eigenvalue weighted by molar-refractivity contribution is 5.89. The molecule has 0 aliphatic rings. The van der Waals surface area contributed by atoms with Gasteiger partial charge in [-0.25, -0.2) is 9.86 Å². The third kappa shape index (κ3) is 4.22. The molecule has 0 aliphatic carbocycles. The summed E-state index contributed by atoms with van der Waals surface area (Å²) >= 11 is 0. The number of carbonyl (C=O) groups excluding carboxylic acids is 2. The molecule has 0 unspecified atom stereocenters. The van der Waals surface area contributed by atoms with Crippen molar-refractivity contribution in [3.8, 4) is 0 Å². The standard InChI is InChI=1S/C14H22N2O5/c1-13(2,3)21-12(18)15-14(4,10-8-7-9-20-10)11(17)16(5)19-6/h7-9H,1-6H3,(H,15,18)/t14-/m0/s1. The molecule has 1 aromatic heterocycles. The number of carbonyl (C=O) groups is 2. The third-order valence-electron chi connectivity index (χ3n) is 2.75. The van der Waals surface area contributed by atoms with E-state index >= 15 is 0 Å². The molecule has 0 spiro atoms. The number of ether oxygens (including phenoxy) is 1. The molecule has 0 bridgehead atoms. The number of likely N-dealkylation sites (N-methyl/N-ethyl adjacent to an activating group) is 1.